The SMILES string of the molecule is CCC(N[C@H](C)c1ccccc1Br)C1CC1. The minimum absolute atomic E-state index is 0.432. The molecule has 0 heterocycles. The Hall–Kier alpha value is -0.340. The summed E-state index contributed by atoms with van der Waals surface area (Å²) in [6.07, 6.45) is 4.06. The zero-order chi connectivity index (χ0) is 11.5. The van der Waals surface area contributed by atoms with Crippen LogP contribution in [0.25, 0.3) is 0 Å². The van der Waals surface area contributed by atoms with Gasteiger partial charge in [-0.15, -0.1) is 0 Å². The van der Waals surface area contributed by atoms with E-state index in [9.17, 15) is 0 Å². The molecular formula is C14H20BrN. The van der Waals surface area contributed by atoms with Gasteiger partial charge in [0, 0.05) is 16.6 Å². The van der Waals surface area contributed by atoms with E-state index in [2.05, 4.69) is 59.4 Å². The monoisotopic (exact) mass is 281 g/mol. The summed E-state index contributed by atoms with van der Waals surface area (Å²) in [4.78, 5) is 0. The first-order valence-electron chi connectivity index (χ1n) is 6.22. The maximum absolute atomic E-state index is 3.76. The minimum Gasteiger partial charge on any atom is -0.307 e. The Morgan fingerprint density at radius 1 is 1.38 bits per heavy atom. The van der Waals surface area contributed by atoms with Crippen molar-refractivity contribution in [3.63, 3.8) is 0 Å². The van der Waals surface area contributed by atoms with Crippen LogP contribution in [0.15, 0.2) is 28.7 Å². The standard InChI is InChI=1S/C14H20BrN/c1-3-14(11-8-9-11)16-10(2)12-6-4-5-7-13(12)15/h4-7,10-11,14,16H,3,8-9H2,1-2H3/t10-,14?/m1/s1. The lowest BCUT2D eigenvalue weighted by Gasteiger charge is -2.23. The van der Waals surface area contributed by atoms with E-state index in [0.29, 0.717) is 12.1 Å². The Morgan fingerprint density at radius 2 is 2.06 bits per heavy atom. The van der Waals surface area contributed by atoms with Crippen LogP contribution in [0, 0.1) is 5.92 Å². The Kier molecular flexibility index (Phi) is 4.04. The first-order valence-corrected chi connectivity index (χ1v) is 7.02. The zero-order valence-corrected chi connectivity index (χ0v) is 11.6. The summed E-state index contributed by atoms with van der Waals surface area (Å²) in [5.74, 6) is 0.926. The molecule has 1 N–H and O–H groups in total. The molecule has 1 saturated carbocycles. The van der Waals surface area contributed by atoms with Crippen LogP contribution in [0.3, 0.4) is 0 Å². The number of hydrogen-bond donors (Lipinski definition) is 1. The van der Waals surface area contributed by atoms with Gasteiger partial charge < -0.3 is 5.32 Å². The molecule has 0 aliphatic heterocycles. The molecule has 1 aliphatic carbocycles. The Balaban J connectivity index is 2.01. The van der Waals surface area contributed by atoms with Crippen LogP contribution in [0.4, 0.5) is 0 Å². The van der Waals surface area contributed by atoms with Gasteiger partial charge in [0.15, 0.2) is 0 Å². The molecule has 0 amide bonds. The fraction of sp³-hybridized carbons (Fsp3) is 0.571. The maximum atomic E-state index is 3.76. The van der Waals surface area contributed by atoms with Crippen molar-refractivity contribution in [1.82, 2.24) is 5.32 Å². The molecule has 2 rings (SSSR count). The molecule has 0 bridgehead atoms. The third-order valence-corrected chi connectivity index (χ3v) is 4.19. The average molecular weight is 282 g/mol. The van der Waals surface area contributed by atoms with Gasteiger partial charge in [0.1, 0.15) is 0 Å². The van der Waals surface area contributed by atoms with E-state index in [0.717, 1.165) is 5.92 Å². The van der Waals surface area contributed by atoms with E-state index in [4.69, 9.17) is 0 Å². The number of nitrogens with one attached hydrogen (secondary N) is 1. The summed E-state index contributed by atoms with van der Waals surface area (Å²) in [6, 6.07) is 9.62. The third kappa shape index (κ3) is 2.86. The summed E-state index contributed by atoms with van der Waals surface area (Å²) in [5.41, 5.74) is 1.36. The second kappa shape index (κ2) is 5.33. The Labute approximate surface area is 107 Å². The molecule has 2 atom stereocenters. The molecule has 88 valence electrons. The van der Waals surface area contributed by atoms with Crippen molar-refractivity contribution >= 4 is 15.9 Å². The molecule has 16 heavy (non-hydrogen) atoms. The van der Waals surface area contributed by atoms with Gasteiger partial charge in [-0.3, -0.25) is 0 Å². The molecule has 0 spiro atoms. The molecule has 1 fully saturated rings. The fourth-order valence-electron chi connectivity index (χ4n) is 2.32. The maximum Gasteiger partial charge on any atom is 0.0305 e. The molecule has 1 unspecified atom stereocenters. The third-order valence-electron chi connectivity index (χ3n) is 3.47. The van der Waals surface area contributed by atoms with Gasteiger partial charge in [0.05, 0.1) is 0 Å². The molecular weight excluding hydrogens is 262 g/mol. The normalized spacial score (nSPS) is 19.4. The topological polar surface area (TPSA) is 12.0 Å². The lowest BCUT2D eigenvalue weighted by Crippen LogP contribution is -2.32. The molecule has 0 saturated heterocycles. The first kappa shape index (κ1) is 12.1. The predicted molar refractivity (Wildman–Crippen MR) is 72.5 cm³/mol. The van der Waals surface area contributed by atoms with Crippen molar-refractivity contribution < 1.29 is 0 Å². The summed E-state index contributed by atoms with van der Waals surface area (Å²) in [6.45, 7) is 4.54. The van der Waals surface area contributed by atoms with Crippen LogP contribution in [0.2, 0.25) is 0 Å². The minimum atomic E-state index is 0.432. The van der Waals surface area contributed by atoms with Gasteiger partial charge in [0.2, 0.25) is 0 Å². The number of halogens is 1. The van der Waals surface area contributed by atoms with Gasteiger partial charge in [-0.2, -0.15) is 0 Å². The summed E-state index contributed by atoms with van der Waals surface area (Å²) < 4.78 is 1.21. The van der Waals surface area contributed by atoms with Gasteiger partial charge in [-0.05, 0) is 43.7 Å². The molecule has 0 radical (unpaired) electrons. The highest BCUT2D eigenvalue weighted by atomic mass is 79.9. The zero-order valence-electron chi connectivity index (χ0n) is 10.0. The Bertz CT molecular complexity index is 346. The van der Waals surface area contributed by atoms with Gasteiger partial charge in [-0.25, -0.2) is 0 Å². The summed E-state index contributed by atoms with van der Waals surface area (Å²) in [5, 5.41) is 3.76. The number of benzene rings is 1. The van der Waals surface area contributed by atoms with Crippen molar-refractivity contribution in [2.24, 2.45) is 5.92 Å². The van der Waals surface area contributed by atoms with Crippen LogP contribution >= 0.6 is 15.9 Å². The number of rotatable bonds is 5. The molecule has 1 aliphatic rings. The van der Waals surface area contributed by atoms with Gasteiger partial charge in [0.25, 0.3) is 0 Å². The van der Waals surface area contributed by atoms with Crippen molar-refractivity contribution in [3.8, 4) is 0 Å². The van der Waals surface area contributed by atoms with Gasteiger partial charge >= 0.3 is 0 Å². The number of hydrogen-bond acceptors (Lipinski definition) is 1. The fourth-order valence-corrected chi connectivity index (χ4v) is 2.95. The van der Waals surface area contributed by atoms with Crippen LogP contribution in [0.1, 0.15) is 44.7 Å². The van der Waals surface area contributed by atoms with Crippen molar-refractivity contribution in [2.75, 3.05) is 0 Å². The lowest BCUT2D eigenvalue weighted by atomic mass is 10.0. The molecule has 1 aromatic carbocycles. The van der Waals surface area contributed by atoms with E-state index in [-0.39, 0.29) is 0 Å². The van der Waals surface area contributed by atoms with Crippen LogP contribution in [0.5, 0.6) is 0 Å². The van der Waals surface area contributed by atoms with Crippen LogP contribution in [-0.4, -0.2) is 6.04 Å². The highest BCUT2D eigenvalue weighted by Crippen LogP contribution is 2.35. The summed E-state index contributed by atoms with van der Waals surface area (Å²) in [7, 11) is 0. The Morgan fingerprint density at radius 3 is 2.62 bits per heavy atom. The molecule has 2 heteroatoms. The first-order chi connectivity index (χ1) is 7.72. The van der Waals surface area contributed by atoms with Crippen molar-refractivity contribution in [1.29, 1.82) is 0 Å². The van der Waals surface area contributed by atoms with E-state index in [1.807, 2.05) is 0 Å². The van der Waals surface area contributed by atoms with E-state index >= 15 is 0 Å². The quantitative estimate of drug-likeness (QED) is 0.849. The van der Waals surface area contributed by atoms with E-state index in [1.165, 1.54) is 29.3 Å². The highest BCUT2D eigenvalue weighted by Gasteiger charge is 2.30. The van der Waals surface area contributed by atoms with Gasteiger partial charge in [-0.1, -0.05) is 41.1 Å². The molecule has 0 aromatic heterocycles. The molecule has 1 aromatic rings. The largest absolute Gasteiger partial charge is 0.307 e. The second-order valence-electron chi connectivity index (χ2n) is 4.76. The van der Waals surface area contributed by atoms with Crippen molar-refractivity contribution in [2.45, 2.75) is 45.2 Å². The average Bonchev–Trinajstić information content (AvgIpc) is 3.10. The predicted octanol–water partition coefficient (Wildman–Crippen LogP) is 4.29. The summed E-state index contributed by atoms with van der Waals surface area (Å²) >= 11 is 3.62. The smallest absolute Gasteiger partial charge is 0.0305 e. The van der Waals surface area contributed by atoms with Crippen molar-refractivity contribution in [3.05, 3.63) is 34.3 Å². The van der Waals surface area contributed by atoms with Crippen LogP contribution < -0.4 is 5.32 Å². The second-order valence-corrected chi connectivity index (χ2v) is 5.62. The van der Waals surface area contributed by atoms with E-state index in [1.54, 1.807) is 0 Å². The molecule has 1 nitrogen and oxygen atoms in total. The van der Waals surface area contributed by atoms with Crippen LogP contribution in [-0.2, 0) is 0 Å². The van der Waals surface area contributed by atoms with E-state index < -0.39 is 0 Å². The lowest BCUT2D eigenvalue weighted by molar-refractivity contribution is 0.404. The highest BCUT2D eigenvalue weighted by molar-refractivity contribution is 9.10.